The van der Waals surface area contributed by atoms with Gasteiger partial charge in [0.2, 0.25) is 5.82 Å². The van der Waals surface area contributed by atoms with E-state index >= 15 is 0 Å². The van der Waals surface area contributed by atoms with Gasteiger partial charge in [-0.2, -0.15) is 10.2 Å². The van der Waals surface area contributed by atoms with E-state index in [2.05, 4.69) is 31.4 Å². The van der Waals surface area contributed by atoms with E-state index in [1.165, 1.54) is 18.3 Å². The van der Waals surface area contributed by atoms with Crippen molar-refractivity contribution in [3.8, 4) is 12.3 Å². The van der Waals surface area contributed by atoms with E-state index in [9.17, 15) is 9.18 Å². The average molecular weight is 346 g/mol. The molecule has 1 aliphatic rings. The Labute approximate surface area is 142 Å². The Bertz CT molecular complexity index is 871. The summed E-state index contributed by atoms with van der Waals surface area (Å²) in [6.07, 6.45) is 8.49. The highest BCUT2D eigenvalue weighted by molar-refractivity contribution is 6.31. The van der Waals surface area contributed by atoms with Gasteiger partial charge in [0.1, 0.15) is 5.82 Å². The smallest absolute Gasteiger partial charge is 0.289 e. The molecule has 1 aromatic carbocycles. The Balaban J connectivity index is 1.62. The summed E-state index contributed by atoms with van der Waals surface area (Å²) < 4.78 is 13.5. The predicted molar refractivity (Wildman–Crippen MR) is 87.1 cm³/mol. The van der Waals surface area contributed by atoms with Crippen molar-refractivity contribution in [2.45, 2.75) is 24.9 Å². The summed E-state index contributed by atoms with van der Waals surface area (Å²) in [5.41, 5.74) is -0.140. The maximum Gasteiger partial charge on any atom is 0.289 e. The van der Waals surface area contributed by atoms with Crippen molar-refractivity contribution >= 4 is 28.4 Å². The lowest BCUT2D eigenvalue weighted by Crippen LogP contribution is -2.29. The number of rotatable bonds is 6. The monoisotopic (exact) mass is 345 g/mol. The third kappa shape index (κ3) is 3.49. The average Bonchev–Trinajstić information content (AvgIpc) is 3.33. The maximum absolute atomic E-state index is 13.5. The molecular weight excluding hydrogens is 333 g/mol. The summed E-state index contributed by atoms with van der Waals surface area (Å²) in [6, 6.07) is 2.59. The van der Waals surface area contributed by atoms with Crippen LogP contribution in [0.2, 0.25) is 5.02 Å². The van der Waals surface area contributed by atoms with Gasteiger partial charge < -0.3 is 5.32 Å². The van der Waals surface area contributed by atoms with Crippen molar-refractivity contribution in [1.82, 2.24) is 15.3 Å². The molecule has 0 unspecified atom stereocenters. The van der Waals surface area contributed by atoms with Crippen LogP contribution >= 0.6 is 11.6 Å². The zero-order valence-electron chi connectivity index (χ0n) is 12.6. The first-order valence-electron chi connectivity index (χ1n) is 7.30. The summed E-state index contributed by atoms with van der Waals surface area (Å²) in [5.74, 6) is 1.47. The molecule has 0 spiro atoms. The third-order valence-corrected chi connectivity index (χ3v) is 3.98. The molecule has 1 aromatic heterocycles. The number of benzene rings is 1. The molecule has 0 fully saturated rings. The first kappa shape index (κ1) is 16.3. The van der Waals surface area contributed by atoms with Gasteiger partial charge in [-0.3, -0.25) is 4.79 Å². The summed E-state index contributed by atoms with van der Waals surface area (Å²) in [4.78, 5) is 20.2. The zero-order chi connectivity index (χ0) is 17.2. The van der Waals surface area contributed by atoms with Gasteiger partial charge in [0, 0.05) is 43.5 Å². The lowest BCUT2D eigenvalue weighted by atomic mass is 10.0. The summed E-state index contributed by atoms with van der Waals surface area (Å²) in [5, 5.41) is 11.2. The molecular formula is C16H13ClFN5O. The van der Waals surface area contributed by atoms with Crippen LogP contribution in [-0.4, -0.2) is 28.1 Å². The molecule has 0 radical (unpaired) electrons. The van der Waals surface area contributed by atoms with Crippen molar-refractivity contribution < 1.29 is 9.18 Å². The minimum Gasteiger partial charge on any atom is -0.349 e. The van der Waals surface area contributed by atoms with E-state index in [4.69, 9.17) is 18.0 Å². The molecule has 0 atom stereocenters. The third-order valence-electron chi connectivity index (χ3n) is 3.69. The van der Waals surface area contributed by atoms with Crippen molar-refractivity contribution in [3.05, 3.63) is 35.0 Å². The molecule has 0 aliphatic carbocycles. The number of halogens is 2. The Morgan fingerprint density at radius 1 is 1.38 bits per heavy atom. The molecule has 2 aromatic rings. The van der Waals surface area contributed by atoms with Crippen molar-refractivity contribution in [2.75, 3.05) is 6.54 Å². The molecule has 0 saturated carbocycles. The summed E-state index contributed by atoms with van der Waals surface area (Å²) in [7, 11) is 0. The summed E-state index contributed by atoms with van der Waals surface area (Å²) >= 11 is 5.70. The lowest BCUT2D eigenvalue weighted by Gasteiger charge is -2.09. The van der Waals surface area contributed by atoms with Crippen molar-refractivity contribution in [3.63, 3.8) is 0 Å². The van der Waals surface area contributed by atoms with Crippen LogP contribution in [0.5, 0.6) is 0 Å². The minimum absolute atomic E-state index is 0.0162. The van der Waals surface area contributed by atoms with Crippen LogP contribution in [0.4, 0.5) is 4.39 Å². The van der Waals surface area contributed by atoms with E-state index in [1.807, 2.05) is 0 Å². The fraction of sp³-hybridized carbons (Fsp3) is 0.312. The van der Waals surface area contributed by atoms with E-state index in [0.29, 0.717) is 36.7 Å². The second-order valence-corrected chi connectivity index (χ2v) is 5.82. The molecule has 0 saturated heterocycles. The topological polar surface area (TPSA) is 79.6 Å². The van der Waals surface area contributed by atoms with Crippen molar-refractivity contribution in [2.24, 2.45) is 10.2 Å². The normalized spacial score (nSPS) is 14.4. The van der Waals surface area contributed by atoms with Gasteiger partial charge >= 0.3 is 0 Å². The number of fused-ring (bicyclic) bond motifs is 1. The molecule has 8 heteroatoms. The van der Waals surface area contributed by atoms with Gasteiger partial charge in [-0.1, -0.05) is 11.6 Å². The molecule has 24 heavy (non-hydrogen) atoms. The SMILES string of the molecule is C#CCCC1(CCNC(=O)c2ncc3cc(Cl)c(F)cc3n2)N=N1. The number of nitrogens with zero attached hydrogens (tertiary/aromatic N) is 4. The second kappa shape index (κ2) is 6.49. The predicted octanol–water partition coefficient (Wildman–Crippen LogP) is 3.12. The number of hydrogen-bond acceptors (Lipinski definition) is 5. The number of terminal acetylenes is 1. The number of carbonyl (C=O) groups excluding carboxylic acids is 1. The first-order valence-corrected chi connectivity index (χ1v) is 7.68. The van der Waals surface area contributed by atoms with Gasteiger partial charge in [-0.25, -0.2) is 14.4 Å². The van der Waals surface area contributed by atoms with Crippen LogP contribution in [0.15, 0.2) is 28.6 Å². The molecule has 122 valence electrons. The molecule has 1 aliphatic heterocycles. The van der Waals surface area contributed by atoms with E-state index in [-0.39, 0.29) is 10.8 Å². The van der Waals surface area contributed by atoms with Crippen LogP contribution in [0.1, 0.15) is 29.9 Å². The quantitative estimate of drug-likeness (QED) is 0.817. The molecule has 1 amide bonds. The van der Waals surface area contributed by atoms with Gasteiger partial charge in [0.05, 0.1) is 10.5 Å². The first-order chi connectivity index (χ1) is 11.5. The van der Waals surface area contributed by atoms with Crippen LogP contribution in [0, 0.1) is 18.2 Å². The number of hydrogen-bond donors (Lipinski definition) is 1. The number of aromatic nitrogens is 2. The number of carbonyl (C=O) groups is 1. The van der Waals surface area contributed by atoms with Gasteiger partial charge in [-0.05, 0) is 6.07 Å². The Morgan fingerprint density at radius 3 is 2.88 bits per heavy atom. The molecule has 6 nitrogen and oxygen atoms in total. The number of nitrogens with one attached hydrogen (secondary N) is 1. The van der Waals surface area contributed by atoms with Crippen LogP contribution in [0.25, 0.3) is 10.9 Å². The van der Waals surface area contributed by atoms with Gasteiger partial charge in [-0.15, -0.1) is 12.3 Å². The highest BCUT2D eigenvalue weighted by Crippen LogP contribution is 2.36. The van der Waals surface area contributed by atoms with E-state index in [1.54, 1.807) is 0 Å². The number of amides is 1. The second-order valence-electron chi connectivity index (χ2n) is 5.41. The van der Waals surface area contributed by atoms with Gasteiger partial charge in [0.25, 0.3) is 5.91 Å². The van der Waals surface area contributed by atoms with Crippen LogP contribution < -0.4 is 5.32 Å². The van der Waals surface area contributed by atoms with Crippen LogP contribution in [-0.2, 0) is 0 Å². The van der Waals surface area contributed by atoms with Crippen LogP contribution in [0.3, 0.4) is 0 Å². The molecule has 1 N–H and O–H groups in total. The Morgan fingerprint density at radius 2 is 2.17 bits per heavy atom. The molecule has 3 rings (SSSR count). The highest BCUT2D eigenvalue weighted by atomic mass is 35.5. The standard InChI is InChI=1S/C16H13ClFN5O/c1-2-3-4-16(22-23-16)5-6-19-15(24)14-20-9-10-7-11(17)12(18)8-13(10)21-14/h1,7-9H,3-6H2,(H,19,24). The fourth-order valence-corrected chi connectivity index (χ4v) is 2.43. The maximum atomic E-state index is 13.5. The highest BCUT2D eigenvalue weighted by Gasteiger charge is 2.38. The van der Waals surface area contributed by atoms with Crippen molar-refractivity contribution in [1.29, 1.82) is 0 Å². The minimum atomic E-state index is -0.596. The molecule has 0 bridgehead atoms. The zero-order valence-corrected chi connectivity index (χ0v) is 13.3. The lowest BCUT2D eigenvalue weighted by molar-refractivity contribution is 0.0942. The molecule has 2 heterocycles. The fourth-order valence-electron chi connectivity index (χ4n) is 2.26. The Kier molecular flexibility index (Phi) is 4.40. The summed E-state index contributed by atoms with van der Waals surface area (Å²) in [6.45, 7) is 0.368. The van der Waals surface area contributed by atoms with Gasteiger partial charge in [0.15, 0.2) is 5.66 Å². The van der Waals surface area contributed by atoms with E-state index in [0.717, 1.165) is 0 Å². The Hall–Kier alpha value is -2.59. The van der Waals surface area contributed by atoms with E-state index < -0.39 is 17.4 Å². The largest absolute Gasteiger partial charge is 0.349 e.